The van der Waals surface area contributed by atoms with Gasteiger partial charge in [0.1, 0.15) is 5.66 Å². The predicted molar refractivity (Wildman–Crippen MR) is 155 cm³/mol. The van der Waals surface area contributed by atoms with Crippen molar-refractivity contribution >= 4 is 11.4 Å². The topological polar surface area (TPSA) is 6.48 Å². The highest BCUT2D eigenvalue weighted by molar-refractivity contribution is 5.81. The molecule has 2 heteroatoms. The standard InChI is InChI=1S/C35H32N2/c1-34(27-16-8-4-9-17-27)36(2)32-25-24-31(26-33(32)37(34)3)35(28-18-10-5-11-19-28,29-20-12-6-13-21-29)30-22-14-7-15-23-30/h4-26H,1-3H3. The Hall–Kier alpha value is -4.30. The minimum absolute atomic E-state index is 0.281. The molecule has 1 aliphatic rings. The molecular formula is C35H32N2. The summed E-state index contributed by atoms with van der Waals surface area (Å²) in [7, 11) is 4.42. The van der Waals surface area contributed by atoms with Crippen LogP contribution in [0.4, 0.5) is 11.4 Å². The smallest absolute Gasteiger partial charge is 0.136 e. The Morgan fingerprint density at radius 2 is 0.865 bits per heavy atom. The third-order valence-electron chi connectivity index (χ3n) is 8.38. The first kappa shape index (κ1) is 23.1. The van der Waals surface area contributed by atoms with Gasteiger partial charge in [0, 0.05) is 14.1 Å². The van der Waals surface area contributed by atoms with E-state index < -0.39 is 5.41 Å². The fourth-order valence-electron chi connectivity index (χ4n) is 6.21. The minimum atomic E-state index is -0.454. The second kappa shape index (κ2) is 8.97. The van der Waals surface area contributed by atoms with Crippen molar-refractivity contribution in [2.45, 2.75) is 18.0 Å². The summed E-state index contributed by atoms with van der Waals surface area (Å²) >= 11 is 0. The number of hydrogen-bond acceptors (Lipinski definition) is 2. The van der Waals surface area contributed by atoms with E-state index in [2.05, 4.69) is 170 Å². The van der Waals surface area contributed by atoms with Crippen LogP contribution >= 0.6 is 0 Å². The molecule has 5 aromatic rings. The van der Waals surface area contributed by atoms with Gasteiger partial charge < -0.3 is 9.80 Å². The molecule has 1 aliphatic heterocycles. The maximum atomic E-state index is 2.42. The summed E-state index contributed by atoms with van der Waals surface area (Å²) in [6.45, 7) is 2.31. The van der Waals surface area contributed by atoms with E-state index in [1.807, 2.05) is 0 Å². The summed E-state index contributed by atoms with van der Waals surface area (Å²) in [5.74, 6) is 0. The lowest BCUT2D eigenvalue weighted by molar-refractivity contribution is 0.480. The van der Waals surface area contributed by atoms with Gasteiger partial charge in [-0.05, 0) is 46.9 Å². The maximum absolute atomic E-state index is 2.42. The lowest BCUT2D eigenvalue weighted by atomic mass is 9.65. The van der Waals surface area contributed by atoms with Crippen molar-refractivity contribution in [2.24, 2.45) is 0 Å². The zero-order chi connectivity index (χ0) is 25.5. The summed E-state index contributed by atoms with van der Waals surface area (Å²) in [6.07, 6.45) is 0. The Morgan fingerprint density at radius 3 is 1.32 bits per heavy atom. The van der Waals surface area contributed by atoms with E-state index in [1.54, 1.807) is 0 Å². The van der Waals surface area contributed by atoms with Gasteiger partial charge in [0.2, 0.25) is 0 Å². The molecule has 1 atom stereocenters. The first-order valence-electron chi connectivity index (χ1n) is 12.9. The van der Waals surface area contributed by atoms with Crippen LogP contribution < -0.4 is 9.80 Å². The van der Waals surface area contributed by atoms with Crippen LogP contribution in [0.5, 0.6) is 0 Å². The quantitative estimate of drug-likeness (QED) is 0.237. The van der Waals surface area contributed by atoms with Gasteiger partial charge in [-0.15, -0.1) is 0 Å². The van der Waals surface area contributed by atoms with Crippen molar-refractivity contribution in [3.63, 3.8) is 0 Å². The zero-order valence-electron chi connectivity index (χ0n) is 21.7. The van der Waals surface area contributed by atoms with Crippen molar-refractivity contribution in [3.05, 3.63) is 167 Å². The van der Waals surface area contributed by atoms with Crippen molar-refractivity contribution in [1.82, 2.24) is 0 Å². The summed E-state index contributed by atoms with van der Waals surface area (Å²) in [4.78, 5) is 4.82. The van der Waals surface area contributed by atoms with Gasteiger partial charge in [0.25, 0.3) is 0 Å². The molecule has 0 saturated heterocycles. The van der Waals surface area contributed by atoms with Crippen molar-refractivity contribution in [2.75, 3.05) is 23.9 Å². The van der Waals surface area contributed by atoms with Crippen LogP contribution in [0.15, 0.2) is 140 Å². The van der Waals surface area contributed by atoms with E-state index in [0.717, 1.165) is 0 Å². The molecule has 0 radical (unpaired) electrons. The lowest BCUT2D eigenvalue weighted by Crippen LogP contribution is -2.48. The molecule has 37 heavy (non-hydrogen) atoms. The Labute approximate surface area is 220 Å². The van der Waals surface area contributed by atoms with Crippen LogP contribution in [0.1, 0.15) is 34.7 Å². The highest BCUT2D eigenvalue weighted by atomic mass is 15.4. The Balaban J connectivity index is 1.63. The van der Waals surface area contributed by atoms with Gasteiger partial charge in [-0.1, -0.05) is 127 Å². The number of anilines is 2. The molecule has 1 heterocycles. The predicted octanol–water partition coefficient (Wildman–Crippen LogP) is 7.83. The molecule has 5 aromatic carbocycles. The molecule has 0 aliphatic carbocycles. The zero-order valence-corrected chi connectivity index (χ0v) is 21.7. The average Bonchev–Trinajstić information content (AvgIpc) is 3.17. The van der Waals surface area contributed by atoms with E-state index in [-0.39, 0.29) is 5.66 Å². The van der Waals surface area contributed by atoms with Crippen LogP contribution in [0, 0.1) is 0 Å². The molecule has 0 spiro atoms. The van der Waals surface area contributed by atoms with Gasteiger partial charge in [0.15, 0.2) is 0 Å². The van der Waals surface area contributed by atoms with Gasteiger partial charge in [-0.2, -0.15) is 0 Å². The van der Waals surface area contributed by atoms with E-state index in [1.165, 1.54) is 39.2 Å². The molecule has 6 rings (SSSR count). The molecule has 0 saturated carbocycles. The number of nitrogens with zero attached hydrogens (tertiary/aromatic N) is 2. The average molecular weight is 481 g/mol. The lowest BCUT2D eigenvalue weighted by Gasteiger charge is -2.40. The summed E-state index contributed by atoms with van der Waals surface area (Å²) < 4.78 is 0. The molecule has 0 N–H and O–H groups in total. The fourth-order valence-corrected chi connectivity index (χ4v) is 6.21. The largest absolute Gasteiger partial charge is 0.347 e. The highest BCUT2D eigenvalue weighted by Gasteiger charge is 2.45. The minimum Gasteiger partial charge on any atom is -0.347 e. The molecule has 0 amide bonds. The highest BCUT2D eigenvalue weighted by Crippen LogP contribution is 2.52. The van der Waals surface area contributed by atoms with E-state index in [4.69, 9.17) is 0 Å². The third-order valence-corrected chi connectivity index (χ3v) is 8.38. The van der Waals surface area contributed by atoms with Gasteiger partial charge in [-0.25, -0.2) is 0 Å². The van der Waals surface area contributed by atoms with Crippen LogP contribution in [-0.2, 0) is 11.1 Å². The van der Waals surface area contributed by atoms with Gasteiger partial charge in [0.05, 0.1) is 16.8 Å². The van der Waals surface area contributed by atoms with Gasteiger partial charge in [-0.3, -0.25) is 0 Å². The van der Waals surface area contributed by atoms with Crippen LogP contribution in [0.3, 0.4) is 0 Å². The Kier molecular flexibility index (Phi) is 5.61. The van der Waals surface area contributed by atoms with E-state index in [9.17, 15) is 0 Å². The molecule has 1 unspecified atom stereocenters. The maximum Gasteiger partial charge on any atom is 0.136 e. The van der Waals surface area contributed by atoms with Crippen LogP contribution in [0.25, 0.3) is 0 Å². The molecule has 0 fully saturated rings. The number of rotatable bonds is 5. The molecular weight excluding hydrogens is 448 g/mol. The van der Waals surface area contributed by atoms with Crippen molar-refractivity contribution in [1.29, 1.82) is 0 Å². The summed E-state index contributed by atoms with van der Waals surface area (Å²) in [5.41, 5.74) is 8.04. The first-order chi connectivity index (χ1) is 18.1. The van der Waals surface area contributed by atoms with Crippen LogP contribution in [0.2, 0.25) is 0 Å². The molecule has 182 valence electrons. The molecule has 2 nitrogen and oxygen atoms in total. The molecule has 0 bridgehead atoms. The van der Waals surface area contributed by atoms with Crippen molar-refractivity contribution in [3.8, 4) is 0 Å². The summed E-state index contributed by atoms with van der Waals surface area (Å²) in [6, 6.07) is 50.6. The van der Waals surface area contributed by atoms with Crippen molar-refractivity contribution < 1.29 is 0 Å². The number of fused-ring (bicyclic) bond motifs is 1. The monoisotopic (exact) mass is 480 g/mol. The fraction of sp³-hybridized carbons (Fsp3) is 0.143. The van der Waals surface area contributed by atoms with E-state index >= 15 is 0 Å². The first-order valence-corrected chi connectivity index (χ1v) is 12.9. The second-order valence-corrected chi connectivity index (χ2v) is 10.1. The number of benzene rings is 5. The van der Waals surface area contributed by atoms with Crippen LogP contribution in [-0.4, -0.2) is 14.1 Å². The summed E-state index contributed by atoms with van der Waals surface area (Å²) in [5, 5.41) is 0. The normalized spacial score (nSPS) is 17.1. The number of hydrogen-bond donors (Lipinski definition) is 0. The van der Waals surface area contributed by atoms with E-state index in [0.29, 0.717) is 0 Å². The Morgan fingerprint density at radius 1 is 0.459 bits per heavy atom. The van der Waals surface area contributed by atoms with Gasteiger partial charge >= 0.3 is 0 Å². The third kappa shape index (κ3) is 3.40. The SMILES string of the molecule is CN1c2ccc(C(c3ccccc3)(c3ccccc3)c3ccccc3)cc2N(C)C1(C)c1ccccc1. The molecule has 0 aromatic heterocycles. The second-order valence-electron chi connectivity index (χ2n) is 10.1. The Bertz CT molecular complexity index is 1400.